The van der Waals surface area contributed by atoms with E-state index < -0.39 is 16.6 Å². The van der Waals surface area contributed by atoms with Crippen molar-refractivity contribution in [3.05, 3.63) is 69.8 Å². The minimum Gasteiger partial charge on any atom is -0.326 e. The first-order valence-electron chi connectivity index (χ1n) is 6.44. The molecule has 0 saturated heterocycles. The van der Waals surface area contributed by atoms with Gasteiger partial charge in [0.2, 0.25) is 5.91 Å². The minimum atomic E-state index is -0.961. The molecule has 5 nitrogen and oxygen atoms in total. The summed E-state index contributed by atoms with van der Waals surface area (Å²) in [6.45, 7) is 0. The Kier molecular flexibility index (Phi) is 4.77. The number of carbonyl (C=O) groups is 1. The van der Waals surface area contributed by atoms with Gasteiger partial charge in [0, 0.05) is 24.2 Å². The van der Waals surface area contributed by atoms with Crippen LogP contribution in [0.4, 0.5) is 20.2 Å². The Morgan fingerprint density at radius 3 is 2.59 bits per heavy atom. The fourth-order valence-corrected chi connectivity index (χ4v) is 1.87. The van der Waals surface area contributed by atoms with Gasteiger partial charge in [0.25, 0.3) is 5.69 Å². The molecule has 1 N–H and O–H groups in total. The van der Waals surface area contributed by atoms with Crippen LogP contribution < -0.4 is 5.32 Å². The maximum atomic E-state index is 13.0. The molecule has 7 heteroatoms. The predicted molar refractivity (Wildman–Crippen MR) is 76.4 cm³/mol. The van der Waals surface area contributed by atoms with Gasteiger partial charge in [-0.05, 0) is 30.2 Å². The Hall–Kier alpha value is -2.83. The number of hydrogen-bond donors (Lipinski definition) is 1. The second-order valence-electron chi connectivity index (χ2n) is 4.60. The van der Waals surface area contributed by atoms with Crippen LogP contribution in [0.15, 0.2) is 42.5 Å². The molecule has 114 valence electrons. The number of carbonyl (C=O) groups excluding carboxylic acids is 1. The zero-order valence-corrected chi connectivity index (χ0v) is 11.4. The molecule has 0 saturated carbocycles. The van der Waals surface area contributed by atoms with Gasteiger partial charge in [-0.1, -0.05) is 12.1 Å². The second-order valence-corrected chi connectivity index (χ2v) is 4.60. The van der Waals surface area contributed by atoms with E-state index in [0.29, 0.717) is 11.3 Å². The molecule has 1 amide bonds. The molecule has 0 radical (unpaired) electrons. The normalized spacial score (nSPS) is 10.3. The fourth-order valence-electron chi connectivity index (χ4n) is 1.87. The maximum absolute atomic E-state index is 13.0. The van der Waals surface area contributed by atoms with E-state index in [9.17, 15) is 23.7 Å². The largest absolute Gasteiger partial charge is 0.326 e. The zero-order valence-electron chi connectivity index (χ0n) is 11.4. The van der Waals surface area contributed by atoms with Crippen LogP contribution in [0.2, 0.25) is 0 Å². The summed E-state index contributed by atoms with van der Waals surface area (Å²) in [5, 5.41) is 13.2. The van der Waals surface area contributed by atoms with E-state index in [-0.39, 0.29) is 24.4 Å². The van der Waals surface area contributed by atoms with Gasteiger partial charge in [-0.15, -0.1) is 0 Å². The van der Waals surface area contributed by atoms with Crippen LogP contribution in [0, 0.1) is 21.7 Å². The van der Waals surface area contributed by atoms with E-state index in [1.807, 2.05) is 0 Å². The van der Waals surface area contributed by atoms with Crippen LogP contribution in [-0.4, -0.2) is 10.8 Å². The van der Waals surface area contributed by atoms with E-state index in [4.69, 9.17) is 0 Å². The third-order valence-electron chi connectivity index (χ3n) is 2.97. The lowest BCUT2D eigenvalue weighted by molar-refractivity contribution is -0.384. The number of halogens is 2. The van der Waals surface area contributed by atoms with E-state index in [0.717, 1.165) is 12.1 Å². The number of rotatable bonds is 5. The van der Waals surface area contributed by atoms with Crippen LogP contribution in [-0.2, 0) is 11.2 Å². The standard InChI is InChI=1S/C15H12F2N2O3/c16-13-6-4-10(8-14(13)17)5-7-15(20)18-11-2-1-3-12(9-11)19(21)22/h1-4,6,8-9H,5,7H2,(H,18,20). The summed E-state index contributed by atoms with van der Waals surface area (Å²) in [4.78, 5) is 21.8. The number of aryl methyl sites for hydroxylation is 1. The molecule has 0 aromatic heterocycles. The number of anilines is 1. The van der Waals surface area contributed by atoms with E-state index in [1.165, 1.54) is 30.3 Å². The highest BCUT2D eigenvalue weighted by atomic mass is 19.2. The summed E-state index contributed by atoms with van der Waals surface area (Å²) in [5.74, 6) is -2.27. The molecule has 2 rings (SSSR count). The monoisotopic (exact) mass is 306 g/mol. The molecule has 0 aliphatic heterocycles. The van der Waals surface area contributed by atoms with Crippen molar-refractivity contribution >= 4 is 17.3 Å². The number of non-ortho nitro benzene ring substituents is 1. The van der Waals surface area contributed by atoms with Crippen molar-refractivity contribution in [2.24, 2.45) is 0 Å². The highest BCUT2D eigenvalue weighted by Crippen LogP contribution is 2.17. The highest BCUT2D eigenvalue weighted by molar-refractivity contribution is 5.91. The first kappa shape index (κ1) is 15.6. The van der Waals surface area contributed by atoms with Crippen LogP contribution in [0.1, 0.15) is 12.0 Å². The van der Waals surface area contributed by atoms with Gasteiger partial charge in [-0.2, -0.15) is 0 Å². The Labute approximate surface area is 124 Å². The lowest BCUT2D eigenvalue weighted by atomic mass is 10.1. The average Bonchev–Trinajstić information content (AvgIpc) is 2.49. The molecule has 22 heavy (non-hydrogen) atoms. The third-order valence-corrected chi connectivity index (χ3v) is 2.97. The molecule has 0 bridgehead atoms. The van der Waals surface area contributed by atoms with Gasteiger partial charge in [0.05, 0.1) is 4.92 Å². The van der Waals surface area contributed by atoms with E-state index in [1.54, 1.807) is 0 Å². The lowest BCUT2D eigenvalue weighted by Gasteiger charge is -2.05. The van der Waals surface area contributed by atoms with Crippen molar-refractivity contribution in [3.8, 4) is 0 Å². The number of nitro groups is 1. The summed E-state index contributed by atoms with van der Waals surface area (Å²) < 4.78 is 25.8. The lowest BCUT2D eigenvalue weighted by Crippen LogP contribution is -2.12. The summed E-state index contributed by atoms with van der Waals surface area (Å²) in [7, 11) is 0. The summed E-state index contributed by atoms with van der Waals surface area (Å²) in [5.41, 5.74) is 0.677. The number of amides is 1. The van der Waals surface area contributed by atoms with Crippen LogP contribution >= 0.6 is 0 Å². The quantitative estimate of drug-likeness (QED) is 0.679. The van der Waals surface area contributed by atoms with E-state index >= 15 is 0 Å². The Balaban J connectivity index is 1.94. The van der Waals surface area contributed by atoms with Crippen molar-refractivity contribution in [1.29, 1.82) is 0 Å². The predicted octanol–water partition coefficient (Wildman–Crippen LogP) is 3.44. The molecule has 0 fully saturated rings. The molecule has 0 unspecified atom stereocenters. The molecule has 0 atom stereocenters. The first-order valence-corrected chi connectivity index (χ1v) is 6.44. The molecular weight excluding hydrogens is 294 g/mol. The summed E-state index contributed by atoms with van der Waals surface area (Å²) in [6.07, 6.45) is 0.283. The molecule has 0 spiro atoms. The van der Waals surface area contributed by atoms with Crippen LogP contribution in [0.3, 0.4) is 0 Å². The Morgan fingerprint density at radius 1 is 1.14 bits per heavy atom. The molecule has 0 heterocycles. The first-order chi connectivity index (χ1) is 10.5. The smallest absolute Gasteiger partial charge is 0.271 e. The fraction of sp³-hybridized carbons (Fsp3) is 0.133. The van der Waals surface area contributed by atoms with Crippen molar-refractivity contribution in [2.75, 3.05) is 5.32 Å². The number of hydrogen-bond acceptors (Lipinski definition) is 3. The zero-order chi connectivity index (χ0) is 16.1. The van der Waals surface area contributed by atoms with Crippen molar-refractivity contribution in [2.45, 2.75) is 12.8 Å². The Bertz CT molecular complexity index is 720. The summed E-state index contributed by atoms with van der Waals surface area (Å²) >= 11 is 0. The van der Waals surface area contributed by atoms with Crippen LogP contribution in [0.25, 0.3) is 0 Å². The van der Waals surface area contributed by atoms with Gasteiger partial charge in [0.1, 0.15) is 0 Å². The van der Waals surface area contributed by atoms with E-state index in [2.05, 4.69) is 5.32 Å². The number of nitrogens with zero attached hydrogens (tertiary/aromatic N) is 1. The number of nitrogens with one attached hydrogen (secondary N) is 1. The average molecular weight is 306 g/mol. The topological polar surface area (TPSA) is 72.2 Å². The molecule has 2 aromatic rings. The highest BCUT2D eigenvalue weighted by Gasteiger charge is 2.09. The Morgan fingerprint density at radius 2 is 1.91 bits per heavy atom. The SMILES string of the molecule is O=C(CCc1ccc(F)c(F)c1)Nc1cccc([N+](=O)[O-])c1. The van der Waals surface area contributed by atoms with Gasteiger partial charge >= 0.3 is 0 Å². The van der Waals surface area contributed by atoms with Crippen molar-refractivity contribution in [3.63, 3.8) is 0 Å². The third kappa shape index (κ3) is 4.08. The number of benzene rings is 2. The second kappa shape index (κ2) is 6.75. The minimum absolute atomic E-state index is 0.0494. The van der Waals surface area contributed by atoms with Gasteiger partial charge in [-0.25, -0.2) is 8.78 Å². The van der Waals surface area contributed by atoms with Gasteiger partial charge < -0.3 is 5.32 Å². The van der Waals surface area contributed by atoms with Crippen molar-refractivity contribution in [1.82, 2.24) is 0 Å². The summed E-state index contributed by atoms with van der Waals surface area (Å²) in [6, 6.07) is 9.00. The van der Waals surface area contributed by atoms with Crippen LogP contribution in [0.5, 0.6) is 0 Å². The molecule has 2 aromatic carbocycles. The molecule has 0 aliphatic rings. The van der Waals surface area contributed by atoms with Gasteiger partial charge in [0.15, 0.2) is 11.6 Å². The van der Waals surface area contributed by atoms with Crippen molar-refractivity contribution < 1.29 is 18.5 Å². The molecular formula is C15H12F2N2O3. The maximum Gasteiger partial charge on any atom is 0.271 e. The van der Waals surface area contributed by atoms with Gasteiger partial charge in [-0.3, -0.25) is 14.9 Å². The molecule has 0 aliphatic carbocycles. The number of nitro benzene ring substituents is 1.